The van der Waals surface area contributed by atoms with Crippen LogP contribution in [0.15, 0.2) is 60.3 Å². The molecule has 0 saturated carbocycles. The van der Waals surface area contributed by atoms with Gasteiger partial charge < -0.3 is 15.7 Å². The Labute approximate surface area is 158 Å². The molecule has 0 bridgehead atoms. The molecule has 2 amide bonds. The predicted molar refractivity (Wildman–Crippen MR) is 102 cm³/mol. The summed E-state index contributed by atoms with van der Waals surface area (Å²) in [6.45, 7) is -0.537. The molecular formula is C18H15IN2O4. The highest BCUT2D eigenvalue weighted by atomic mass is 127. The minimum Gasteiger partial charge on any atom is -0.480 e. The Morgan fingerprint density at radius 3 is 2.24 bits per heavy atom. The van der Waals surface area contributed by atoms with E-state index in [1.807, 2.05) is 6.07 Å². The van der Waals surface area contributed by atoms with Crippen LogP contribution in [0.4, 0.5) is 0 Å². The molecule has 0 aliphatic carbocycles. The first-order valence-corrected chi connectivity index (χ1v) is 8.37. The van der Waals surface area contributed by atoms with Gasteiger partial charge in [0, 0.05) is 9.13 Å². The minimum absolute atomic E-state index is 0.0315. The Balaban J connectivity index is 2.23. The first-order valence-electron chi connectivity index (χ1n) is 7.29. The quantitative estimate of drug-likeness (QED) is 0.465. The van der Waals surface area contributed by atoms with Crippen molar-refractivity contribution >= 4 is 46.5 Å². The molecule has 0 heterocycles. The number of benzene rings is 2. The lowest BCUT2D eigenvalue weighted by atomic mass is 10.1. The molecule has 0 aromatic heterocycles. The summed E-state index contributed by atoms with van der Waals surface area (Å²) < 4.78 is 0.980. The maximum absolute atomic E-state index is 12.3. The highest BCUT2D eigenvalue weighted by Crippen LogP contribution is 2.09. The number of nitrogens with one attached hydrogen (secondary N) is 2. The van der Waals surface area contributed by atoms with Crippen molar-refractivity contribution in [2.45, 2.75) is 0 Å². The van der Waals surface area contributed by atoms with Crippen LogP contribution in [-0.2, 0) is 9.59 Å². The van der Waals surface area contributed by atoms with Crippen molar-refractivity contribution in [3.05, 3.63) is 75.0 Å². The Bertz CT molecular complexity index is 802. The van der Waals surface area contributed by atoms with Crippen molar-refractivity contribution < 1.29 is 19.5 Å². The number of rotatable bonds is 6. The van der Waals surface area contributed by atoms with E-state index in [1.165, 1.54) is 6.08 Å². The molecule has 2 aromatic rings. The fraction of sp³-hybridized carbons (Fsp3) is 0.0556. The smallest absolute Gasteiger partial charge is 0.322 e. The predicted octanol–water partition coefficient (Wildman–Crippen LogP) is 2.26. The number of hydrogen-bond acceptors (Lipinski definition) is 3. The summed E-state index contributed by atoms with van der Waals surface area (Å²) in [6, 6.07) is 15.8. The van der Waals surface area contributed by atoms with E-state index >= 15 is 0 Å². The summed E-state index contributed by atoms with van der Waals surface area (Å²) in [5.41, 5.74) is 1.06. The number of amides is 2. The molecule has 7 heteroatoms. The summed E-state index contributed by atoms with van der Waals surface area (Å²) in [4.78, 5) is 35.2. The standard InChI is InChI=1S/C18H15IN2O4/c19-14-8-6-13(7-9-14)17(24)21-15(18(25)20-11-16(22)23)10-12-4-2-1-3-5-12/h1-10H,11H2,(H,20,25)(H,21,24)(H,22,23). The van der Waals surface area contributed by atoms with E-state index in [0.717, 1.165) is 3.57 Å². The van der Waals surface area contributed by atoms with E-state index in [2.05, 4.69) is 33.2 Å². The second-order valence-electron chi connectivity index (χ2n) is 5.01. The van der Waals surface area contributed by atoms with Crippen LogP contribution in [0.5, 0.6) is 0 Å². The first kappa shape index (κ1) is 18.7. The number of carbonyl (C=O) groups is 3. The van der Waals surface area contributed by atoms with Crippen molar-refractivity contribution in [1.29, 1.82) is 0 Å². The summed E-state index contributed by atoms with van der Waals surface area (Å²) in [5, 5.41) is 13.5. The Hall–Kier alpha value is -2.68. The third kappa shape index (κ3) is 6.03. The molecule has 128 valence electrons. The van der Waals surface area contributed by atoms with Gasteiger partial charge in [-0.05, 0) is 58.5 Å². The van der Waals surface area contributed by atoms with Gasteiger partial charge in [-0.2, -0.15) is 0 Å². The van der Waals surface area contributed by atoms with E-state index in [-0.39, 0.29) is 5.70 Å². The molecule has 2 rings (SSSR count). The number of halogens is 1. The SMILES string of the molecule is O=C(O)CNC(=O)C(=Cc1ccccc1)NC(=O)c1ccc(I)cc1. The van der Waals surface area contributed by atoms with Gasteiger partial charge in [0.05, 0.1) is 0 Å². The van der Waals surface area contributed by atoms with Crippen LogP contribution in [0.1, 0.15) is 15.9 Å². The summed E-state index contributed by atoms with van der Waals surface area (Å²) in [7, 11) is 0. The van der Waals surface area contributed by atoms with Gasteiger partial charge in [-0.3, -0.25) is 14.4 Å². The second kappa shape index (κ2) is 8.97. The molecule has 6 nitrogen and oxygen atoms in total. The largest absolute Gasteiger partial charge is 0.480 e. The van der Waals surface area contributed by atoms with Gasteiger partial charge in [0.25, 0.3) is 11.8 Å². The lowest BCUT2D eigenvalue weighted by Gasteiger charge is -2.10. The van der Waals surface area contributed by atoms with Gasteiger partial charge in [-0.25, -0.2) is 0 Å². The molecule has 0 spiro atoms. The molecule has 0 aliphatic heterocycles. The number of carboxylic acid groups (broad SMARTS) is 1. The number of carboxylic acids is 1. The highest BCUT2D eigenvalue weighted by Gasteiger charge is 2.15. The maximum Gasteiger partial charge on any atom is 0.322 e. The average molecular weight is 450 g/mol. The third-order valence-corrected chi connectivity index (χ3v) is 3.83. The molecule has 0 saturated heterocycles. The number of aliphatic carboxylic acids is 1. The average Bonchev–Trinajstić information content (AvgIpc) is 2.60. The topological polar surface area (TPSA) is 95.5 Å². The molecule has 2 aromatic carbocycles. The van der Waals surface area contributed by atoms with E-state index in [0.29, 0.717) is 11.1 Å². The van der Waals surface area contributed by atoms with Crippen molar-refractivity contribution in [3.8, 4) is 0 Å². The van der Waals surface area contributed by atoms with Crippen LogP contribution in [0, 0.1) is 3.57 Å². The lowest BCUT2D eigenvalue weighted by Crippen LogP contribution is -2.37. The van der Waals surface area contributed by atoms with Crippen LogP contribution >= 0.6 is 22.6 Å². The molecule has 0 radical (unpaired) electrons. The zero-order valence-corrected chi connectivity index (χ0v) is 15.2. The minimum atomic E-state index is -1.17. The molecule has 0 atom stereocenters. The zero-order chi connectivity index (χ0) is 18.2. The fourth-order valence-electron chi connectivity index (χ4n) is 1.92. The highest BCUT2D eigenvalue weighted by molar-refractivity contribution is 14.1. The molecule has 25 heavy (non-hydrogen) atoms. The van der Waals surface area contributed by atoms with E-state index in [9.17, 15) is 14.4 Å². The fourth-order valence-corrected chi connectivity index (χ4v) is 2.28. The van der Waals surface area contributed by atoms with Gasteiger partial charge >= 0.3 is 5.97 Å². The van der Waals surface area contributed by atoms with Crippen molar-refractivity contribution in [2.24, 2.45) is 0 Å². The zero-order valence-electron chi connectivity index (χ0n) is 13.0. The molecule has 0 fully saturated rings. The number of carbonyl (C=O) groups excluding carboxylic acids is 2. The monoisotopic (exact) mass is 450 g/mol. The first-order chi connectivity index (χ1) is 12.0. The van der Waals surface area contributed by atoms with Crippen molar-refractivity contribution in [3.63, 3.8) is 0 Å². The second-order valence-corrected chi connectivity index (χ2v) is 6.25. The van der Waals surface area contributed by atoms with Gasteiger partial charge in [0.2, 0.25) is 0 Å². The van der Waals surface area contributed by atoms with Gasteiger partial charge in [0.1, 0.15) is 12.2 Å². The van der Waals surface area contributed by atoms with Gasteiger partial charge in [-0.1, -0.05) is 30.3 Å². The van der Waals surface area contributed by atoms with E-state index in [4.69, 9.17) is 5.11 Å². The molecule has 0 aliphatic rings. The Morgan fingerprint density at radius 1 is 1.00 bits per heavy atom. The number of hydrogen-bond donors (Lipinski definition) is 3. The van der Waals surface area contributed by atoms with Crippen LogP contribution in [0.2, 0.25) is 0 Å². The summed E-state index contributed by atoms with van der Waals surface area (Å²) in [5.74, 6) is -2.30. The maximum atomic E-state index is 12.3. The van der Waals surface area contributed by atoms with E-state index in [1.54, 1.807) is 48.5 Å². The molecular weight excluding hydrogens is 435 g/mol. The van der Waals surface area contributed by atoms with Crippen LogP contribution in [0.3, 0.4) is 0 Å². The van der Waals surface area contributed by atoms with E-state index < -0.39 is 24.3 Å². The summed E-state index contributed by atoms with van der Waals surface area (Å²) in [6.07, 6.45) is 1.49. The summed E-state index contributed by atoms with van der Waals surface area (Å²) >= 11 is 2.13. The normalized spacial score (nSPS) is 10.8. The molecule has 3 N–H and O–H groups in total. The Kier molecular flexibility index (Phi) is 6.70. The lowest BCUT2D eigenvalue weighted by molar-refractivity contribution is -0.137. The molecule has 0 unspecified atom stereocenters. The van der Waals surface area contributed by atoms with Gasteiger partial charge in [0.15, 0.2) is 0 Å². The van der Waals surface area contributed by atoms with Gasteiger partial charge in [-0.15, -0.1) is 0 Å². The van der Waals surface area contributed by atoms with Crippen LogP contribution < -0.4 is 10.6 Å². The van der Waals surface area contributed by atoms with Crippen molar-refractivity contribution in [1.82, 2.24) is 10.6 Å². The Morgan fingerprint density at radius 2 is 1.64 bits per heavy atom. The van der Waals surface area contributed by atoms with Crippen molar-refractivity contribution in [2.75, 3.05) is 6.54 Å². The third-order valence-electron chi connectivity index (χ3n) is 3.11. The van der Waals surface area contributed by atoms with Crippen LogP contribution in [0.25, 0.3) is 6.08 Å². The van der Waals surface area contributed by atoms with Crippen LogP contribution in [-0.4, -0.2) is 29.4 Å².